The number of rotatable bonds is 7. The maximum Gasteiger partial charge on any atom is 0.320 e. The van der Waals surface area contributed by atoms with Crippen LogP contribution in [0.1, 0.15) is 20.3 Å². The number of anilines is 2. The van der Waals surface area contributed by atoms with E-state index in [2.05, 4.69) is 25.7 Å². The molecule has 3 aromatic heterocycles. The van der Waals surface area contributed by atoms with Crippen molar-refractivity contribution in [2.75, 3.05) is 17.6 Å². The zero-order chi connectivity index (χ0) is 21.7. The summed E-state index contributed by atoms with van der Waals surface area (Å²) in [4.78, 5) is 20.6. The molecule has 0 aromatic carbocycles. The summed E-state index contributed by atoms with van der Waals surface area (Å²) in [5, 5.41) is 10.7. The summed E-state index contributed by atoms with van der Waals surface area (Å²) >= 11 is 0. The molecule has 0 fully saturated rings. The molecule has 0 saturated carbocycles. The van der Waals surface area contributed by atoms with E-state index in [0.717, 1.165) is 11.1 Å². The number of carbonyl (C=O) groups is 1. The van der Waals surface area contributed by atoms with Gasteiger partial charge in [-0.2, -0.15) is 0 Å². The summed E-state index contributed by atoms with van der Waals surface area (Å²) in [5.74, 6) is 6.92. The van der Waals surface area contributed by atoms with Gasteiger partial charge in [0.1, 0.15) is 17.3 Å². The highest BCUT2D eigenvalue weighted by molar-refractivity contribution is 5.89. The average molecular weight is 410 g/mol. The fourth-order valence-corrected chi connectivity index (χ4v) is 2.58. The molecule has 0 saturated heterocycles. The Labute approximate surface area is 173 Å². The van der Waals surface area contributed by atoms with Gasteiger partial charge >= 0.3 is 6.03 Å². The van der Waals surface area contributed by atoms with E-state index in [0.29, 0.717) is 36.1 Å². The number of hydrogen-bond donors (Lipinski definition) is 5. The van der Waals surface area contributed by atoms with Gasteiger partial charge in [-0.3, -0.25) is 5.32 Å². The summed E-state index contributed by atoms with van der Waals surface area (Å²) in [6.07, 6.45) is 5.72. The number of hydrazone groups is 1. The highest BCUT2D eigenvalue weighted by Gasteiger charge is 2.08. The van der Waals surface area contributed by atoms with E-state index in [1.165, 1.54) is 5.12 Å². The SMILES string of the molecule is CC(C)N(N)/N=C(\N)CCNC(=O)Nc1cn2cc(-c3ccc(N)nc3)ccc2n1. The molecule has 11 heteroatoms. The number of nitrogens with zero attached hydrogens (tertiary/aromatic N) is 5. The van der Waals surface area contributed by atoms with E-state index in [9.17, 15) is 4.79 Å². The lowest BCUT2D eigenvalue weighted by Crippen LogP contribution is -2.36. The van der Waals surface area contributed by atoms with Crippen LogP contribution in [0.2, 0.25) is 0 Å². The Bertz CT molecular complexity index is 1040. The number of pyridine rings is 2. The third kappa shape index (κ3) is 5.35. The smallest absolute Gasteiger partial charge is 0.320 e. The second kappa shape index (κ2) is 9.09. The number of nitrogens with two attached hydrogens (primary N) is 3. The maximum atomic E-state index is 12.1. The van der Waals surface area contributed by atoms with Crippen LogP contribution in [-0.4, -0.2) is 43.9 Å². The maximum absolute atomic E-state index is 12.1. The topological polar surface area (TPSA) is 165 Å². The highest BCUT2D eigenvalue weighted by atomic mass is 16.2. The summed E-state index contributed by atoms with van der Waals surface area (Å²) in [6, 6.07) is 7.08. The van der Waals surface area contributed by atoms with Crippen LogP contribution in [0, 0.1) is 0 Å². The van der Waals surface area contributed by atoms with Gasteiger partial charge in [-0.15, -0.1) is 5.10 Å². The lowest BCUT2D eigenvalue weighted by molar-refractivity contribution is 0.238. The van der Waals surface area contributed by atoms with Crippen molar-refractivity contribution in [1.29, 1.82) is 0 Å². The van der Waals surface area contributed by atoms with Crippen LogP contribution in [0.3, 0.4) is 0 Å². The number of carbonyl (C=O) groups excluding carboxylic acids is 1. The quantitative estimate of drug-likeness (QED) is 0.170. The summed E-state index contributed by atoms with van der Waals surface area (Å²) < 4.78 is 1.83. The number of imidazole rings is 1. The molecule has 2 amide bonds. The fourth-order valence-electron chi connectivity index (χ4n) is 2.58. The summed E-state index contributed by atoms with van der Waals surface area (Å²) in [6.45, 7) is 4.11. The van der Waals surface area contributed by atoms with Crippen LogP contribution >= 0.6 is 0 Å². The molecule has 0 aliphatic carbocycles. The Morgan fingerprint density at radius 2 is 2.00 bits per heavy atom. The van der Waals surface area contributed by atoms with Gasteiger partial charge in [0.25, 0.3) is 0 Å². The molecule has 3 heterocycles. The molecule has 0 aliphatic heterocycles. The first kappa shape index (κ1) is 20.9. The molecule has 158 valence electrons. The van der Waals surface area contributed by atoms with Gasteiger partial charge < -0.3 is 21.2 Å². The molecule has 0 aliphatic rings. The van der Waals surface area contributed by atoms with Crippen LogP contribution in [0.15, 0.2) is 48.0 Å². The van der Waals surface area contributed by atoms with Crippen molar-refractivity contribution >= 4 is 29.1 Å². The molecule has 8 N–H and O–H groups in total. The second-order valence-electron chi connectivity index (χ2n) is 6.98. The molecule has 0 bridgehead atoms. The van der Waals surface area contributed by atoms with Crippen LogP contribution in [0.4, 0.5) is 16.4 Å². The largest absolute Gasteiger partial charge is 0.386 e. The van der Waals surface area contributed by atoms with Crippen molar-refractivity contribution in [2.24, 2.45) is 16.7 Å². The molecule has 3 aromatic rings. The Morgan fingerprint density at radius 1 is 1.23 bits per heavy atom. The second-order valence-corrected chi connectivity index (χ2v) is 6.98. The van der Waals surface area contributed by atoms with Gasteiger partial charge in [-0.05, 0) is 43.7 Å². The minimum absolute atomic E-state index is 0.0339. The molecular formula is C19H26N10O. The molecule has 3 rings (SSSR count). The number of nitrogen functional groups attached to an aromatic ring is 1. The first-order valence-corrected chi connectivity index (χ1v) is 9.44. The van der Waals surface area contributed by atoms with Gasteiger partial charge in [0, 0.05) is 30.9 Å². The van der Waals surface area contributed by atoms with Gasteiger partial charge in [-0.25, -0.2) is 25.7 Å². The minimum atomic E-state index is -0.386. The van der Waals surface area contributed by atoms with Crippen LogP contribution in [0.5, 0.6) is 0 Å². The Balaban J connectivity index is 1.58. The number of urea groups is 1. The number of amidine groups is 1. The van der Waals surface area contributed by atoms with Crippen molar-refractivity contribution in [2.45, 2.75) is 26.3 Å². The minimum Gasteiger partial charge on any atom is -0.386 e. The van der Waals surface area contributed by atoms with Gasteiger partial charge in [0.2, 0.25) is 0 Å². The molecule has 0 radical (unpaired) electrons. The molecule has 0 atom stereocenters. The van der Waals surface area contributed by atoms with Crippen molar-refractivity contribution in [3.8, 4) is 11.1 Å². The van der Waals surface area contributed by atoms with Gasteiger partial charge in [0.05, 0.1) is 12.2 Å². The van der Waals surface area contributed by atoms with Gasteiger partial charge in [0.15, 0.2) is 5.82 Å². The lowest BCUT2D eigenvalue weighted by Gasteiger charge is -2.17. The Kier molecular flexibility index (Phi) is 6.32. The number of nitrogens with one attached hydrogen (secondary N) is 2. The standard InChI is InChI=1S/C19H26N10O/c1-12(2)29(22)27-16(21)7-8-23-19(30)26-17-11-28-10-14(4-6-18(28)25-17)13-3-5-15(20)24-9-13/h3-6,9-12H,7-8,22H2,1-2H3,(H2,20,24)(H2,21,27)(H2,23,26,30). The summed E-state index contributed by atoms with van der Waals surface area (Å²) in [7, 11) is 0. The molecule has 11 nitrogen and oxygen atoms in total. The number of hydrogen-bond acceptors (Lipinski definition) is 7. The number of aromatic nitrogens is 3. The predicted octanol–water partition coefficient (Wildman–Crippen LogP) is 1.35. The molecule has 30 heavy (non-hydrogen) atoms. The third-order valence-corrected chi connectivity index (χ3v) is 4.25. The molecular weight excluding hydrogens is 384 g/mol. The Morgan fingerprint density at radius 3 is 2.70 bits per heavy atom. The van der Waals surface area contributed by atoms with Crippen LogP contribution in [-0.2, 0) is 0 Å². The predicted molar refractivity (Wildman–Crippen MR) is 117 cm³/mol. The van der Waals surface area contributed by atoms with Crippen LogP contribution < -0.4 is 27.9 Å². The summed E-state index contributed by atoms with van der Waals surface area (Å²) in [5.41, 5.74) is 14.0. The molecule has 0 unspecified atom stereocenters. The van der Waals surface area contributed by atoms with E-state index in [4.69, 9.17) is 17.3 Å². The first-order valence-electron chi connectivity index (χ1n) is 9.44. The molecule has 0 spiro atoms. The lowest BCUT2D eigenvalue weighted by atomic mass is 10.1. The van der Waals surface area contributed by atoms with Crippen molar-refractivity contribution in [1.82, 2.24) is 24.8 Å². The third-order valence-electron chi connectivity index (χ3n) is 4.25. The number of hydrazine groups is 1. The highest BCUT2D eigenvalue weighted by Crippen LogP contribution is 2.21. The van der Waals surface area contributed by atoms with E-state index < -0.39 is 0 Å². The zero-order valence-corrected chi connectivity index (χ0v) is 16.9. The van der Waals surface area contributed by atoms with Crippen molar-refractivity contribution in [3.05, 3.63) is 42.9 Å². The van der Waals surface area contributed by atoms with E-state index >= 15 is 0 Å². The average Bonchev–Trinajstić information content (AvgIpc) is 3.09. The zero-order valence-electron chi connectivity index (χ0n) is 16.9. The first-order chi connectivity index (χ1) is 14.3. The van der Waals surface area contributed by atoms with E-state index in [1.54, 1.807) is 18.5 Å². The van der Waals surface area contributed by atoms with Crippen LogP contribution in [0.25, 0.3) is 16.8 Å². The number of fused-ring (bicyclic) bond motifs is 1. The monoisotopic (exact) mass is 410 g/mol. The Hall–Kier alpha value is -3.86. The van der Waals surface area contributed by atoms with Crippen molar-refractivity contribution < 1.29 is 4.79 Å². The van der Waals surface area contributed by atoms with Gasteiger partial charge in [-0.1, -0.05) is 0 Å². The van der Waals surface area contributed by atoms with E-state index in [1.807, 2.05) is 42.6 Å². The number of amides is 2. The van der Waals surface area contributed by atoms with Crippen molar-refractivity contribution in [3.63, 3.8) is 0 Å². The fraction of sp³-hybridized carbons (Fsp3) is 0.263. The van der Waals surface area contributed by atoms with E-state index in [-0.39, 0.29) is 12.1 Å². The normalized spacial score (nSPS) is 11.7.